The summed E-state index contributed by atoms with van der Waals surface area (Å²) in [5.41, 5.74) is 0. The maximum absolute atomic E-state index is 12.4. The Morgan fingerprint density at radius 2 is 1.17 bits per heavy atom. The van der Waals surface area contributed by atoms with Crippen molar-refractivity contribution in [2.45, 2.75) is 11.0 Å². The Labute approximate surface area is 172 Å². The van der Waals surface area contributed by atoms with Crippen LogP contribution in [0.25, 0.3) is 0 Å². The van der Waals surface area contributed by atoms with Gasteiger partial charge in [-0.05, 0) is 18.2 Å². The van der Waals surface area contributed by atoms with E-state index in [0.717, 1.165) is 5.41 Å². The van der Waals surface area contributed by atoms with Gasteiger partial charge in [-0.3, -0.25) is 0 Å². The maximum Gasteiger partial charge on any atom is 0.199 e. The summed E-state index contributed by atoms with van der Waals surface area (Å²) in [5, 5.41) is 1.16. The largest absolute Gasteiger partial charge is 0.377 e. The van der Waals surface area contributed by atoms with E-state index in [4.69, 9.17) is 28.4 Å². The molecule has 0 bridgehead atoms. The van der Waals surface area contributed by atoms with Crippen LogP contribution in [0.1, 0.15) is 0 Å². The number of hydrogen-bond acceptors (Lipinski definition) is 8. The fourth-order valence-electron chi connectivity index (χ4n) is 2.38. The molecule has 0 N–H and O–H groups in total. The van der Waals surface area contributed by atoms with E-state index in [0.29, 0.717) is 66.1 Å². The van der Waals surface area contributed by atoms with Gasteiger partial charge in [0, 0.05) is 5.41 Å². The first kappa shape index (κ1) is 23.9. The van der Waals surface area contributed by atoms with Crippen LogP contribution in [0.15, 0.2) is 46.7 Å². The third-order valence-corrected chi connectivity index (χ3v) is 5.32. The SMILES string of the molecule is O=S(=O)(/C=C/C1COCCOCCOCCOCCOCCO1)c1ccccc1. The predicted molar refractivity (Wildman–Crippen MR) is 107 cm³/mol. The lowest BCUT2D eigenvalue weighted by atomic mass is 10.4. The van der Waals surface area contributed by atoms with E-state index in [1.807, 2.05) is 0 Å². The smallest absolute Gasteiger partial charge is 0.199 e. The van der Waals surface area contributed by atoms with E-state index in [1.165, 1.54) is 6.08 Å². The molecule has 8 nitrogen and oxygen atoms in total. The van der Waals surface area contributed by atoms with Crippen LogP contribution in [0.5, 0.6) is 0 Å². The molecule has 1 saturated heterocycles. The number of hydrogen-bond donors (Lipinski definition) is 0. The molecule has 0 saturated carbocycles. The third kappa shape index (κ3) is 10.9. The fraction of sp³-hybridized carbons (Fsp3) is 0.600. The number of benzene rings is 1. The van der Waals surface area contributed by atoms with Crippen LogP contribution in [-0.2, 0) is 38.3 Å². The molecule has 0 aromatic heterocycles. The van der Waals surface area contributed by atoms with Crippen molar-refractivity contribution in [2.75, 3.05) is 72.7 Å². The quantitative estimate of drug-likeness (QED) is 0.712. The third-order valence-electron chi connectivity index (χ3n) is 3.87. The lowest BCUT2D eigenvalue weighted by Gasteiger charge is -2.15. The highest BCUT2D eigenvalue weighted by Gasteiger charge is 2.12. The van der Waals surface area contributed by atoms with Crippen molar-refractivity contribution in [3.63, 3.8) is 0 Å². The predicted octanol–water partition coefficient (Wildman–Crippen LogP) is 1.46. The van der Waals surface area contributed by atoms with Gasteiger partial charge in [0.2, 0.25) is 0 Å². The standard InChI is InChI=1S/C20H30O8S/c21-29(22,20-4-2-1-3-5-20)17-6-19-18-27-14-13-25-10-9-23-7-8-24-11-12-26-15-16-28-19/h1-6,17,19H,7-16,18H2/b17-6+. The molecule has 1 aromatic rings. The normalized spacial score (nSPS) is 22.7. The average molecular weight is 431 g/mol. The van der Waals surface area contributed by atoms with Crippen LogP contribution >= 0.6 is 0 Å². The topological polar surface area (TPSA) is 89.5 Å². The zero-order chi connectivity index (χ0) is 20.6. The highest BCUT2D eigenvalue weighted by atomic mass is 32.2. The summed E-state index contributed by atoms with van der Waals surface area (Å²) >= 11 is 0. The summed E-state index contributed by atoms with van der Waals surface area (Å²) < 4.78 is 57.7. The zero-order valence-corrected chi connectivity index (χ0v) is 17.4. The minimum atomic E-state index is -3.54. The summed E-state index contributed by atoms with van der Waals surface area (Å²) in [6, 6.07) is 8.24. The second kappa shape index (κ2) is 14.6. The van der Waals surface area contributed by atoms with Gasteiger partial charge < -0.3 is 28.4 Å². The molecule has 164 valence electrons. The van der Waals surface area contributed by atoms with Gasteiger partial charge in [0.1, 0.15) is 0 Å². The van der Waals surface area contributed by atoms with Crippen molar-refractivity contribution < 1.29 is 36.8 Å². The van der Waals surface area contributed by atoms with E-state index >= 15 is 0 Å². The first-order chi connectivity index (χ1) is 14.2. The minimum absolute atomic E-state index is 0.212. The van der Waals surface area contributed by atoms with Crippen LogP contribution in [0.3, 0.4) is 0 Å². The second-order valence-corrected chi connectivity index (χ2v) is 7.95. The van der Waals surface area contributed by atoms with Crippen LogP contribution in [0.2, 0.25) is 0 Å². The molecule has 2 rings (SSSR count). The molecular weight excluding hydrogens is 400 g/mol. The highest BCUT2D eigenvalue weighted by molar-refractivity contribution is 7.94. The van der Waals surface area contributed by atoms with Gasteiger partial charge in [0.25, 0.3) is 0 Å². The second-order valence-electron chi connectivity index (χ2n) is 6.12. The molecule has 1 aliphatic rings. The van der Waals surface area contributed by atoms with Gasteiger partial charge in [-0.2, -0.15) is 0 Å². The molecule has 9 heteroatoms. The number of ether oxygens (including phenoxy) is 6. The van der Waals surface area contributed by atoms with Crippen molar-refractivity contribution in [3.8, 4) is 0 Å². The van der Waals surface area contributed by atoms with Crippen molar-refractivity contribution >= 4 is 9.84 Å². The Balaban J connectivity index is 1.87. The van der Waals surface area contributed by atoms with E-state index in [2.05, 4.69) is 0 Å². The van der Waals surface area contributed by atoms with Gasteiger partial charge in [0.15, 0.2) is 9.84 Å². The van der Waals surface area contributed by atoms with Gasteiger partial charge >= 0.3 is 0 Å². The summed E-state index contributed by atoms with van der Waals surface area (Å²) in [7, 11) is -3.54. The molecule has 1 aromatic carbocycles. The molecule has 29 heavy (non-hydrogen) atoms. The van der Waals surface area contributed by atoms with Gasteiger partial charge in [-0.1, -0.05) is 18.2 Å². The number of rotatable bonds is 3. The van der Waals surface area contributed by atoms with E-state index in [9.17, 15) is 8.42 Å². The van der Waals surface area contributed by atoms with Crippen LogP contribution in [-0.4, -0.2) is 87.2 Å². The lowest BCUT2D eigenvalue weighted by Crippen LogP contribution is -2.22. The van der Waals surface area contributed by atoms with Crippen molar-refractivity contribution in [1.82, 2.24) is 0 Å². The Morgan fingerprint density at radius 3 is 1.72 bits per heavy atom. The van der Waals surface area contributed by atoms with E-state index in [-0.39, 0.29) is 11.5 Å². The van der Waals surface area contributed by atoms with E-state index in [1.54, 1.807) is 30.3 Å². The van der Waals surface area contributed by atoms with Gasteiger partial charge in [0.05, 0.1) is 83.7 Å². The molecular formula is C20H30O8S. The van der Waals surface area contributed by atoms with Crippen molar-refractivity contribution in [3.05, 3.63) is 41.8 Å². The molecule has 1 heterocycles. The first-order valence-corrected chi connectivity index (χ1v) is 11.2. The summed E-state index contributed by atoms with van der Waals surface area (Å²) in [5.74, 6) is 0. The molecule has 1 unspecified atom stereocenters. The van der Waals surface area contributed by atoms with Crippen LogP contribution < -0.4 is 0 Å². The maximum atomic E-state index is 12.4. The van der Waals surface area contributed by atoms with Crippen LogP contribution in [0, 0.1) is 0 Å². The summed E-state index contributed by atoms with van der Waals surface area (Å²) in [6.07, 6.45) is 0.980. The Bertz CT molecular complexity index is 644. The number of sulfone groups is 1. The lowest BCUT2D eigenvalue weighted by molar-refractivity contribution is -0.0479. The van der Waals surface area contributed by atoms with Crippen molar-refractivity contribution in [1.29, 1.82) is 0 Å². The van der Waals surface area contributed by atoms with Gasteiger partial charge in [-0.15, -0.1) is 0 Å². The zero-order valence-electron chi connectivity index (χ0n) is 16.6. The molecule has 1 atom stereocenters. The summed E-state index contributed by atoms with van der Waals surface area (Å²) in [4.78, 5) is 0.233. The minimum Gasteiger partial charge on any atom is -0.377 e. The van der Waals surface area contributed by atoms with Gasteiger partial charge in [-0.25, -0.2) is 8.42 Å². The Hall–Kier alpha value is -1.33. The molecule has 0 spiro atoms. The Morgan fingerprint density at radius 1 is 0.690 bits per heavy atom. The molecule has 0 aliphatic carbocycles. The summed E-state index contributed by atoms with van der Waals surface area (Å²) in [6.45, 7) is 4.60. The molecule has 1 fully saturated rings. The average Bonchev–Trinajstić information content (AvgIpc) is 2.73. The van der Waals surface area contributed by atoms with Crippen molar-refractivity contribution in [2.24, 2.45) is 0 Å². The van der Waals surface area contributed by atoms with E-state index < -0.39 is 15.9 Å². The Kier molecular flexibility index (Phi) is 12.1. The van der Waals surface area contributed by atoms with Crippen LogP contribution in [0.4, 0.5) is 0 Å². The highest BCUT2D eigenvalue weighted by Crippen LogP contribution is 2.12. The fourth-order valence-corrected chi connectivity index (χ4v) is 3.45. The molecule has 1 aliphatic heterocycles. The molecule has 0 amide bonds. The molecule has 0 radical (unpaired) electrons. The first-order valence-electron chi connectivity index (χ1n) is 9.67. The monoisotopic (exact) mass is 430 g/mol.